The van der Waals surface area contributed by atoms with Crippen LogP contribution in [0.5, 0.6) is 0 Å². The number of nitrogens with one attached hydrogen (secondary N) is 1. The molecule has 1 aliphatic carbocycles. The number of thiophene rings is 1. The molecule has 2 fully saturated rings. The third kappa shape index (κ3) is 6.83. The Morgan fingerprint density at radius 3 is 2.80 bits per heavy atom. The first-order valence-corrected chi connectivity index (χ1v) is 13.6. The number of likely N-dealkylation sites (tertiary alicyclic amines) is 1. The van der Waals surface area contributed by atoms with E-state index in [0.717, 1.165) is 62.4 Å². The molecule has 1 saturated heterocycles. The lowest BCUT2D eigenvalue weighted by Gasteiger charge is -2.38. The lowest BCUT2D eigenvalue weighted by atomic mass is 9.96. The van der Waals surface area contributed by atoms with Crippen molar-refractivity contribution in [2.45, 2.75) is 58.1 Å². The predicted octanol–water partition coefficient (Wildman–Crippen LogP) is 2.82. The minimum absolute atomic E-state index is 0.0154. The lowest BCUT2D eigenvalue weighted by Crippen LogP contribution is -2.48. The monoisotopic (exact) mass is 502 g/mol. The number of aliphatic imine (C=N–C) groups is 1. The Labute approximate surface area is 211 Å². The molecule has 4 rings (SSSR count). The van der Waals surface area contributed by atoms with E-state index in [1.165, 1.54) is 4.88 Å². The molecule has 0 bridgehead atoms. The number of carbonyl (C=O) groups excluding carboxylic acids is 2. The Balaban J connectivity index is 1.34. The van der Waals surface area contributed by atoms with Gasteiger partial charge in [-0.05, 0) is 56.7 Å². The summed E-state index contributed by atoms with van der Waals surface area (Å²) in [5, 5.41) is 2.80. The zero-order chi connectivity index (χ0) is 24.8. The average Bonchev–Trinajstić information content (AvgIpc) is 3.07. The van der Waals surface area contributed by atoms with Gasteiger partial charge in [0.05, 0.1) is 10.6 Å². The van der Waals surface area contributed by atoms with E-state index >= 15 is 0 Å². The van der Waals surface area contributed by atoms with Crippen LogP contribution in [0.2, 0.25) is 0 Å². The van der Waals surface area contributed by atoms with Gasteiger partial charge in [-0.1, -0.05) is 6.92 Å². The van der Waals surface area contributed by atoms with Crippen molar-refractivity contribution in [3.05, 3.63) is 21.4 Å². The van der Waals surface area contributed by atoms with E-state index in [0.29, 0.717) is 49.8 Å². The van der Waals surface area contributed by atoms with Crippen molar-refractivity contribution >= 4 is 40.9 Å². The summed E-state index contributed by atoms with van der Waals surface area (Å²) in [5.74, 6) is 1.04. The summed E-state index contributed by atoms with van der Waals surface area (Å²) in [5.41, 5.74) is 13.5. The number of amides is 2. The highest BCUT2D eigenvalue weighted by Crippen LogP contribution is 2.36. The Morgan fingerprint density at radius 1 is 1.31 bits per heavy atom. The second-order valence-corrected chi connectivity index (χ2v) is 10.9. The van der Waals surface area contributed by atoms with Crippen molar-refractivity contribution in [3.8, 4) is 0 Å². The number of amidine groups is 1. The molecule has 0 spiro atoms. The fraction of sp³-hybridized carbons (Fsp3) is 0.640. The number of carbonyl (C=O) groups is 2. The highest BCUT2D eigenvalue weighted by molar-refractivity contribution is 7.13. The van der Waals surface area contributed by atoms with Crippen LogP contribution in [0.25, 0.3) is 6.08 Å². The molecule has 0 radical (unpaired) electrons. The van der Waals surface area contributed by atoms with E-state index in [1.807, 2.05) is 11.0 Å². The molecule has 1 aromatic rings. The van der Waals surface area contributed by atoms with Gasteiger partial charge in [-0.25, -0.2) is 9.79 Å². The Kier molecular flexibility index (Phi) is 8.80. The van der Waals surface area contributed by atoms with E-state index in [-0.39, 0.29) is 18.1 Å². The first-order valence-electron chi connectivity index (χ1n) is 12.8. The van der Waals surface area contributed by atoms with Crippen molar-refractivity contribution in [3.63, 3.8) is 0 Å². The van der Waals surface area contributed by atoms with Crippen molar-refractivity contribution in [2.75, 3.05) is 39.3 Å². The molecule has 2 aliphatic heterocycles. The van der Waals surface area contributed by atoms with Crippen molar-refractivity contribution in [2.24, 2.45) is 22.4 Å². The smallest absolute Gasteiger partial charge is 0.407 e. The molecule has 9 nitrogen and oxygen atoms in total. The number of hydrogen-bond donors (Lipinski definition) is 3. The van der Waals surface area contributed by atoms with E-state index < -0.39 is 0 Å². The maximum Gasteiger partial charge on any atom is 0.407 e. The van der Waals surface area contributed by atoms with Crippen LogP contribution in [-0.2, 0) is 16.1 Å². The van der Waals surface area contributed by atoms with Crippen LogP contribution < -0.4 is 16.8 Å². The van der Waals surface area contributed by atoms with Crippen LogP contribution >= 0.6 is 11.3 Å². The quantitative estimate of drug-likeness (QED) is 0.400. The minimum Gasteiger partial charge on any atom is -0.446 e. The van der Waals surface area contributed by atoms with E-state index in [4.69, 9.17) is 16.2 Å². The minimum atomic E-state index is -0.365. The molecule has 35 heavy (non-hydrogen) atoms. The highest BCUT2D eigenvalue weighted by Gasteiger charge is 2.27. The molecular formula is C25H38N6O3S. The van der Waals surface area contributed by atoms with Crippen LogP contribution in [0.15, 0.2) is 16.6 Å². The molecule has 0 aromatic carbocycles. The number of rotatable bonds is 11. The topological polar surface area (TPSA) is 126 Å². The average molecular weight is 503 g/mol. The molecule has 5 N–H and O–H groups in total. The van der Waals surface area contributed by atoms with Crippen LogP contribution in [-0.4, -0.2) is 73.0 Å². The SMILES string of the molecule is CCCN(CCCNC(=O)OC1CCC1)C(=O)C1=Cc2sc(CN3CC(CN)C3)cc2N=C(N)C1. The summed E-state index contributed by atoms with van der Waals surface area (Å²) in [6.45, 7) is 7.42. The molecule has 192 valence electrons. The standard InChI is InChI=1S/C25H38N6O3S/c1-2-8-31(9-4-7-28-25(33)34-19-5-3-6-19)24(32)18-10-22-21(29-23(27)11-18)12-20(35-22)16-30-14-17(13-26)15-30/h10,12,17,19H,2-9,11,13-16,26H2,1H3,(H2,27,29)(H,28,33). The maximum absolute atomic E-state index is 13.4. The number of nitrogens with zero attached hydrogens (tertiary/aromatic N) is 3. The highest BCUT2D eigenvalue weighted by atomic mass is 32.1. The van der Waals surface area contributed by atoms with Gasteiger partial charge in [0.1, 0.15) is 11.9 Å². The maximum atomic E-state index is 13.4. The van der Waals surface area contributed by atoms with Gasteiger partial charge in [-0.2, -0.15) is 0 Å². The molecule has 1 saturated carbocycles. The fourth-order valence-corrected chi connectivity index (χ4v) is 5.67. The van der Waals surface area contributed by atoms with Gasteiger partial charge in [0, 0.05) is 56.1 Å². The van der Waals surface area contributed by atoms with E-state index in [1.54, 1.807) is 11.3 Å². The predicted molar refractivity (Wildman–Crippen MR) is 140 cm³/mol. The molecule has 1 aromatic heterocycles. The van der Waals surface area contributed by atoms with Crippen LogP contribution in [0, 0.1) is 5.92 Å². The van der Waals surface area contributed by atoms with E-state index in [2.05, 4.69) is 28.2 Å². The Bertz CT molecular complexity index is 964. The third-order valence-electron chi connectivity index (χ3n) is 6.73. The number of hydrogen-bond acceptors (Lipinski definition) is 8. The third-order valence-corrected chi connectivity index (χ3v) is 7.79. The van der Waals surface area contributed by atoms with Gasteiger partial charge in [-0.3, -0.25) is 9.69 Å². The molecular weight excluding hydrogens is 464 g/mol. The summed E-state index contributed by atoms with van der Waals surface area (Å²) >= 11 is 1.68. The van der Waals surface area contributed by atoms with Crippen molar-refractivity contribution < 1.29 is 14.3 Å². The lowest BCUT2D eigenvalue weighted by molar-refractivity contribution is -0.127. The van der Waals surface area contributed by atoms with Crippen LogP contribution in [0.4, 0.5) is 10.5 Å². The molecule has 0 atom stereocenters. The van der Waals surface area contributed by atoms with Gasteiger partial charge in [0.2, 0.25) is 5.91 Å². The van der Waals surface area contributed by atoms with Gasteiger partial charge >= 0.3 is 6.09 Å². The van der Waals surface area contributed by atoms with Gasteiger partial charge in [0.25, 0.3) is 0 Å². The number of nitrogens with two attached hydrogens (primary N) is 2. The van der Waals surface area contributed by atoms with Crippen molar-refractivity contribution in [1.82, 2.24) is 15.1 Å². The Hall–Kier alpha value is -2.43. The molecule has 0 unspecified atom stereocenters. The van der Waals surface area contributed by atoms with Gasteiger partial charge in [0.15, 0.2) is 0 Å². The summed E-state index contributed by atoms with van der Waals surface area (Å²) in [7, 11) is 0. The zero-order valence-electron chi connectivity index (χ0n) is 20.6. The second-order valence-electron chi connectivity index (χ2n) is 9.74. The summed E-state index contributed by atoms with van der Waals surface area (Å²) < 4.78 is 5.32. The summed E-state index contributed by atoms with van der Waals surface area (Å²) in [6, 6.07) is 2.09. The first-order chi connectivity index (χ1) is 16.9. The van der Waals surface area contributed by atoms with Crippen molar-refractivity contribution in [1.29, 1.82) is 0 Å². The molecule has 3 heterocycles. The van der Waals surface area contributed by atoms with Crippen LogP contribution in [0.1, 0.15) is 55.2 Å². The Morgan fingerprint density at radius 2 is 2.11 bits per heavy atom. The normalized spacial score (nSPS) is 18.5. The first kappa shape index (κ1) is 25.7. The van der Waals surface area contributed by atoms with Gasteiger partial charge in [-0.15, -0.1) is 11.3 Å². The molecule has 2 amide bonds. The fourth-order valence-electron chi connectivity index (χ4n) is 4.56. The van der Waals surface area contributed by atoms with Crippen LogP contribution in [0.3, 0.4) is 0 Å². The second kappa shape index (κ2) is 12.0. The zero-order valence-corrected chi connectivity index (χ0v) is 21.4. The largest absolute Gasteiger partial charge is 0.446 e. The number of fused-ring (bicyclic) bond motifs is 1. The molecule has 3 aliphatic rings. The number of ether oxygens (including phenoxy) is 1. The summed E-state index contributed by atoms with van der Waals surface area (Å²) in [4.78, 5) is 36.3. The number of alkyl carbamates (subject to hydrolysis) is 1. The van der Waals surface area contributed by atoms with Gasteiger partial charge < -0.3 is 26.4 Å². The van der Waals surface area contributed by atoms with E-state index in [9.17, 15) is 9.59 Å². The summed E-state index contributed by atoms with van der Waals surface area (Å²) in [6.07, 6.45) is 6.55. The molecule has 10 heteroatoms.